The van der Waals surface area contributed by atoms with Crippen molar-refractivity contribution in [2.75, 3.05) is 0 Å². The first-order valence-corrected chi connectivity index (χ1v) is 6.79. The maximum Gasteiger partial charge on any atom is 0.126 e. The molecule has 0 radical (unpaired) electrons. The molecule has 0 aliphatic heterocycles. The highest BCUT2D eigenvalue weighted by atomic mass is 19.1. The average Bonchev–Trinajstić information content (AvgIpc) is 2.34. The van der Waals surface area contributed by atoms with E-state index < -0.39 is 6.10 Å². The summed E-state index contributed by atoms with van der Waals surface area (Å²) in [6.45, 7) is 2.17. The lowest BCUT2D eigenvalue weighted by Gasteiger charge is -2.33. The first-order valence-electron chi connectivity index (χ1n) is 6.79. The number of benzene rings is 1. The lowest BCUT2D eigenvalue weighted by atomic mass is 9.83. The largest absolute Gasteiger partial charge is 0.488 e. The summed E-state index contributed by atoms with van der Waals surface area (Å²) < 4.78 is 18.8. The van der Waals surface area contributed by atoms with E-state index in [0.717, 1.165) is 25.7 Å². The summed E-state index contributed by atoms with van der Waals surface area (Å²) in [5.74, 6) is 0.830. The van der Waals surface area contributed by atoms with Gasteiger partial charge < -0.3 is 9.84 Å². The molecule has 1 aliphatic rings. The first kappa shape index (κ1) is 13.3. The number of aliphatic hydroxyl groups is 1. The van der Waals surface area contributed by atoms with Crippen LogP contribution < -0.4 is 4.74 Å². The Bertz CT molecular complexity index is 381. The van der Waals surface area contributed by atoms with Crippen molar-refractivity contribution in [2.24, 2.45) is 5.92 Å². The molecule has 1 aromatic rings. The van der Waals surface area contributed by atoms with Gasteiger partial charge in [-0.25, -0.2) is 4.39 Å². The monoisotopic (exact) mass is 252 g/mol. The Hall–Kier alpha value is -1.09. The number of rotatable bonds is 4. The predicted octanol–water partition coefficient (Wildman–Crippen LogP) is 3.53. The topological polar surface area (TPSA) is 29.5 Å². The zero-order valence-electron chi connectivity index (χ0n) is 10.8. The normalized spacial score (nSPS) is 28.1. The minimum Gasteiger partial charge on any atom is -0.488 e. The van der Waals surface area contributed by atoms with Crippen molar-refractivity contribution in [2.45, 2.75) is 51.2 Å². The molecule has 1 aliphatic carbocycles. The zero-order chi connectivity index (χ0) is 13.0. The summed E-state index contributed by atoms with van der Waals surface area (Å²) in [7, 11) is 0. The van der Waals surface area contributed by atoms with Crippen LogP contribution in [0.3, 0.4) is 0 Å². The number of ether oxygens (including phenoxy) is 1. The van der Waals surface area contributed by atoms with Gasteiger partial charge in [0.05, 0.1) is 6.10 Å². The van der Waals surface area contributed by atoms with Crippen LogP contribution in [0, 0.1) is 11.7 Å². The Balaban J connectivity index is 1.98. The number of hydrogen-bond donors (Lipinski definition) is 1. The van der Waals surface area contributed by atoms with Gasteiger partial charge in [-0.2, -0.15) is 0 Å². The van der Waals surface area contributed by atoms with Gasteiger partial charge in [-0.15, -0.1) is 0 Å². The fourth-order valence-electron chi connectivity index (χ4n) is 2.71. The second-order valence-corrected chi connectivity index (χ2v) is 5.15. The SMILES string of the molecule is CCCC1CCC(O)C(Oc2cccc(F)c2)C1. The quantitative estimate of drug-likeness (QED) is 0.888. The summed E-state index contributed by atoms with van der Waals surface area (Å²) in [5.41, 5.74) is 0. The molecular weight excluding hydrogens is 231 g/mol. The Morgan fingerprint density at radius 1 is 1.39 bits per heavy atom. The third-order valence-electron chi connectivity index (χ3n) is 3.65. The van der Waals surface area contributed by atoms with Crippen molar-refractivity contribution < 1.29 is 14.2 Å². The molecule has 2 nitrogen and oxygen atoms in total. The van der Waals surface area contributed by atoms with Crippen LogP contribution in [0.25, 0.3) is 0 Å². The van der Waals surface area contributed by atoms with E-state index in [4.69, 9.17) is 4.74 Å². The van der Waals surface area contributed by atoms with Crippen LogP contribution in [0.4, 0.5) is 4.39 Å². The minimum absolute atomic E-state index is 0.197. The van der Waals surface area contributed by atoms with Crippen LogP contribution in [-0.4, -0.2) is 17.3 Å². The predicted molar refractivity (Wildman–Crippen MR) is 69.1 cm³/mol. The van der Waals surface area contributed by atoms with E-state index in [2.05, 4.69) is 6.92 Å². The molecular formula is C15H21FO2. The first-order chi connectivity index (χ1) is 8.69. The average molecular weight is 252 g/mol. The molecule has 0 amide bonds. The van der Waals surface area contributed by atoms with Crippen LogP contribution in [-0.2, 0) is 0 Å². The molecule has 3 heteroatoms. The van der Waals surface area contributed by atoms with Crippen LogP contribution in [0.5, 0.6) is 5.75 Å². The standard InChI is InChI=1S/C15H21FO2/c1-2-4-11-7-8-14(17)15(9-11)18-13-6-3-5-12(16)10-13/h3,5-6,10-11,14-15,17H,2,4,7-9H2,1H3. The summed E-state index contributed by atoms with van der Waals surface area (Å²) in [6, 6.07) is 6.13. The van der Waals surface area contributed by atoms with Gasteiger partial charge in [-0.05, 0) is 37.3 Å². The number of aliphatic hydroxyl groups excluding tert-OH is 1. The lowest BCUT2D eigenvalue weighted by molar-refractivity contribution is -0.0118. The molecule has 0 bridgehead atoms. The summed E-state index contributed by atoms with van der Waals surface area (Å²) in [6.07, 6.45) is 4.43. The number of halogens is 1. The molecule has 2 rings (SSSR count). The maximum absolute atomic E-state index is 13.1. The van der Waals surface area contributed by atoms with E-state index in [1.807, 2.05) is 0 Å². The Morgan fingerprint density at radius 2 is 2.22 bits per heavy atom. The third-order valence-corrected chi connectivity index (χ3v) is 3.65. The summed E-state index contributed by atoms with van der Waals surface area (Å²) in [5, 5.41) is 9.97. The highest BCUT2D eigenvalue weighted by Crippen LogP contribution is 2.30. The molecule has 1 saturated carbocycles. The van der Waals surface area contributed by atoms with Gasteiger partial charge in [0.25, 0.3) is 0 Å². The van der Waals surface area contributed by atoms with Gasteiger partial charge >= 0.3 is 0 Å². The van der Waals surface area contributed by atoms with E-state index >= 15 is 0 Å². The summed E-state index contributed by atoms with van der Waals surface area (Å²) >= 11 is 0. The fourth-order valence-corrected chi connectivity index (χ4v) is 2.71. The van der Waals surface area contributed by atoms with E-state index in [1.54, 1.807) is 12.1 Å². The molecule has 100 valence electrons. The van der Waals surface area contributed by atoms with Gasteiger partial charge in [-0.3, -0.25) is 0 Å². The summed E-state index contributed by atoms with van der Waals surface area (Å²) in [4.78, 5) is 0. The molecule has 0 saturated heterocycles. The molecule has 3 unspecified atom stereocenters. The maximum atomic E-state index is 13.1. The van der Waals surface area contributed by atoms with Crippen molar-refractivity contribution in [1.29, 1.82) is 0 Å². The Morgan fingerprint density at radius 3 is 2.94 bits per heavy atom. The zero-order valence-corrected chi connectivity index (χ0v) is 10.8. The van der Waals surface area contributed by atoms with Crippen molar-refractivity contribution >= 4 is 0 Å². The smallest absolute Gasteiger partial charge is 0.126 e. The highest BCUT2D eigenvalue weighted by molar-refractivity contribution is 5.22. The molecule has 3 atom stereocenters. The third kappa shape index (κ3) is 3.45. The molecule has 1 N–H and O–H groups in total. The lowest BCUT2D eigenvalue weighted by Crippen LogP contribution is -2.38. The van der Waals surface area contributed by atoms with Gasteiger partial charge in [0.2, 0.25) is 0 Å². The van der Waals surface area contributed by atoms with E-state index in [1.165, 1.54) is 18.6 Å². The molecule has 18 heavy (non-hydrogen) atoms. The molecule has 0 spiro atoms. The number of hydrogen-bond acceptors (Lipinski definition) is 2. The molecule has 1 aromatic carbocycles. The van der Waals surface area contributed by atoms with Crippen molar-refractivity contribution in [3.05, 3.63) is 30.1 Å². The van der Waals surface area contributed by atoms with Crippen molar-refractivity contribution in [3.8, 4) is 5.75 Å². The van der Waals surface area contributed by atoms with Crippen LogP contribution >= 0.6 is 0 Å². The molecule has 1 fully saturated rings. The Labute approximate surface area is 108 Å². The van der Waals surface area contributed by atoms with Gasteiger partial charge in [0.1, 0.15) is 17.7 Å². The second kappa shape index (κ2) is 6.19. The van der Waals surface area contributed by atoms with Gasteiger partial charge in [0.15, 0.2) is 0 Å². The minimum atomic E-state index is -0.429. The molecule has 0 aromatic heterocycles. The second-order valence-electron chi connectivity index (χ2n) is 5.15. The van der Waals surface area contributed by atoms with E-state index in [0.29, 0.717) is 11.7 Å². The van der Waals surface area contributed by atoms with Crippen LogP contribution in [0.1, 0.15) is 39.0 Å². The molecule has 0 heterocycles. The van der Waals surface area contributed by atoms with Crippen molar-refractivity contribution in [1.82, 2.24) is 0 Å². The van der Waals surface area contributed by atoms with Crippen molar-refractivity contribution in [3.63, 3.8) is 0 Å². The fraction of sp³-hybridized carbons (Fsp3) is 0.600. The van der Waals surface area contributed by atoms with E-state index in [-0.39, 0.29) is 11.9 Å². The van der Waals surface area contributed by atoms with Crippen LogP contribution in [0.15, 0.2) is 24.3 Å². The van der Waals surface area contributed by atoms with Crippen LogP contribution in [0.2, 0.25) is 0 Å². The van der Waals surface area contributed by atoms with Gasteiger partial charge in [-0.1, -0.05) is 25.8 Å². The van der Waals surface area contributed by atoms with Gasteiger partial charge in [0, 0.05) is 6.07 Å². The highest BCUT2D eigenvalue weighted by Gasteiger charge is 2.30. The van der Waals surface area contributed by atoms with E-state index in [9.17, 15) is 9.50 Å². The Kier molecular flexibility index (Phi) is 4.59.